The van der Waals surface area contributed by atoms with Gasteiger partial charge in [-0.3, -0.25) is 0 Å². The smallest absolute Gasteiger partial charge is 0.106 e. The van der Waals surface area contributed by atoms with Crippen LogP contribution in [0.15, 0.2) is 0 Å². The molecular weight excluding hydrogens is 198 g/mol. The fourth-order valence-corrected chi connectivity index (χ4v) is 2.90. The third kappa shape index (κ3) is 1.77. The molecule has 1 aromatic rings. The van der Waals surface area contributed by atoms with E-state index >= 15 is 0 Å². The fraction of sp³-hybridized carbons (Fsp3) is 0.769. The monoisotopic (exact) mass is 219 g/mol. The van der Waals surface area contributed by atoms with Crippen molar-refractivity contribution in [1.29, 1.82) is 0 Å². The first-order valence-electron chi connectivity index (χ1n) is 6.60. The second-order valence-corrected chi connectivity index (χ2v) is 5.22. The van der Waals surface area contributed by atoms with Crippen LogP contribution in [-0.2, 0) is 19.5 Å². The van der Waals surface area contributed by atoms with Gasteiger partial charge in [0.2, 0.25) is 0 Å². The normalized spacial score (nSPS) is 20.6. The molecule has 0 atom stereocenters. The number of nitrogens with one attached hydrogen (secondary N) is 1. The van der Waals surface area contributed by atoms with E-state index < -0.39 is 0 Å². The van der Waals surface area contributed by atoms with Gasteiger partial charge >= 0.3 is 0 Å². The first-order chi connectivity index (χ1) is 7.84. The Morgan fingerprint density at radius 2 is 2.31 bits per heavy atom. The maximum absolute atomic E-state index is 4.67. The molecule has 2 aliphatic rings. The van der Waals surface area contributed by atoms with Crippen molar-refractivity contribution in [2.24, 2.45) is 5.92 Å². The summed E-state index contributed by atoms with van der Waals surface area (Å²) in [5.41, 5.74) is 2.79. The Bertz CT molecular complexity index is 377. The summed E-state index contributed by atoms with van der Waals surface area (Å²) in [6.07, 6.45) is 6.88. The number of aryl methyl sites for hydroxylation is 1. The molecule has 3 rings (SSSR count). The van der Waals surface area contributed by atoms with E-state index in [0.717, 1.165) is 25.4 Å². The molecule has 2 heterocycles. The Labute approximate surface area is 97.3 Å². The van der Waals surface area contributed by atoms with Crippen LogP contribution in [0.25, 0.3) is 0 Å². The van der Waals surface area contributed by atoms with Crippen LogP contribution in [-0.4, -0.2) is 16.1 Å². The van der Waals surface area contributed by atoms with Gasteiger partial charge in [0.15, 0.2) is 0 Å². The van der Waals surface area contributed by atoms with Gasteiger partial charge in [0.05, 0.1) is 5.69 Å². The van der Waals surface area contributed by atoms with Crippen LogP contribution in [0.4, 0.5) is 0 Å². The minimum Gasteiger partial charge on any atom is -0.332 e. The van der Waals surface area contributed by atoms with Gasteiger partial charge in [0.1, 0.15) is 5.82 Å². The lowest BCUT2D eigenvalue weighted by Crippen LogP contribution is -2.25. The number of aromatic nitrogens is 2. The Kier molecular flexibility index (Phi) is 2.72. The molecule has 1 saturated carbocycles. The third-order valence-electron chi connectivity index (χ3n) is 4.16. The molecule has 3 nitrogen and oxygen atoms in total. The molecule has 0 aromatic carbocycles. The standard InChI is InChI=1S/C13H21N3/c1-10-15-12-9-14-7-5-13(12)16(10)8-6-11-3-2-4-11/h11,14H,2-9H2,1H3. The summed E-state index contributed by atoms with van der Waals surface area (Å²) in [4.78, 5) is 4.67. The van der Waals surface area contributed by atoms with Gasteiger partial charge in [0.25, 0.3) is 0 Å². The fourth-order valence-electron chi connectivity index (χ4n) is 2.90. The SMILES string of the molecule is Cc1nc2c(n1CCC1CCC1)CCNC2. The number of fused-ring (bicyclic) bond motifs is 1. The van der Waals surface area contributed by atoms with E-state index in [9.17, 15) is 0 Å². The minimum atomic E-state index is 0.965. The maximum atomic E-state index is 4.67. The zero-order chi connectivity index (χ0) is 11.0. The van der Waals surface area contributed by atoms with Crippen molar-refractivity contribution in [3.8, 4) is 0 Å². The molecule has 88 valence electrons. The predicted molar refractivity (Wildman–Crippen MR) is 64.3 cm³/mol. The van der Waals surface area contributed by atoms with Crippen LogP contribution in [0.5, 0.6) is 0 Å². The highest BCUT2D eigenvalue weighted by atomic mass is 15.1. The van der Waals surface area contributed by atoms with Crippen molar-refractivity contribution in [1.82, 2.24) is 14.9 Å². The summed E-state index contributed by atoms with van der Waals surface area (Å²) in [7, 11) is 0. The molecule has 1 N–H and O–H groups in total. The van der Waals surface area contributed by atoms with Gasteiger partial charge in [-0.1, -0.05) is 19.3 Å². The van der Waals surface area contributed by atoms with Crippen LogP contribution in [0, 0.1) is 12.8 Å². The summed E-state index contributed by atoms with van der Waals surface area (Å²) >= 11 is 0. The summed E-state index contributed by atoms with van der Waals surface area (Å²) in [6.45, 7) is 5.42. The molecule has 0 bridgehead atoms. The Balaban J connectivity index is 1.74. The molecular formula is C13H21N3. The first-order valence-corrected chi connectivity index (χ1v) is 6.60. The van der Waals surface area contributed by atoms with Crippen molar-refractivity contribution < 1.29 is 0 Å². The molecule has 16 heavy (non-hydrogen) atoms. The Morgan fingerprint density at radius 1 is 1.44 bits per heavy atom. The van der Waals surface area contributed by atoms with Gasteiger partial charge in [-0.25, -0.2) is 4.98 Å². The van der Waals surface area contributed by atoms with E-state index in [1.807, 2.05) is 0 Å². The number of imidazole rings is 1. The van der Waals surface area contributed by atoms with Gasteiger partial charge in [-0.05, 0) is 19.3 Å². The van der Waals surface area contributed by atoms with E-state index in [1.54, 1.807) is 0 Å². The lowest BCUT2D eigenvalue weighted by Gasteiger charge is -2.26. The molecule has 1 aliphatic carbocycles. The lowest BCUT2D eigenvalue weighted by atomic mass is 9.83. The highest BCUT2D eigenvalue weighted by molar-refractivity contribution is 5.19. The average Bonchev–Trinajstić information content (AvgIpc) is 2.53. The second-order valence-electron chi connectivity index (χ2n) is 5.22. The predicted octanol–water partition coefficient (Wildman–Crippen LogP) is 2.03. The molecule has 1 aromatic heterocycles. The van der Waals surface area contributed by atoms with Crippen molar-refractivity contribution >= 4 is 0 Å². The molecule has 0 radical (unpaired) electrons. The maximum Gasteiger partial charge on any atom is 0.106 e. The number of rotatable bonds is 3. The lowest BCUT2D eigenvalue weighted by molar-refractivity contribution is 0.280. The zero-order valence-electron chi connectivity index (χ0n) is 10.1. The van der Waals surface area contributed by atoms with E-state index in [1.165, 1.54) is 49.4 Å². The summed E-state index contributed by atoms with van der Waals surface area (Å²) in [5.74, 6) is 2.21. The van der Waals surface area contributed by atoms with Crippen LogP contribution in [0.2, 0.25) is 0 Å². The molecule has 3 heteroatoms. The minimum absolute atomic E-state index is 0.965. The molecule has 0 spiro atoms. The quantitative estimate of drug-likeness (QED) is 0.843. The molecule has 0 amide bonds. The second kappa shape index (κ2) is 4.21. The summed E-state index contributed by atoms with van der Waals surface area (Å²) in [6, 6.07) is 0. The zero-order valence-corrected chi connectivity index (χ0v) is 10.1. The summed E-state index contributed by atoms with van der Waals surface area (Å²) in [5, 5.41) is 3.39. The third-order valence-corrected chi connectivity index (χ3v) is 4.16. The molecule has 1 aliphatic heterocycles. The Morgan fingerprint density at radius 3 is 3.06 bits per heavy atom. The largest absolute Gasteiger partial charge is 0.332 e. The van der Waals surface area contributed by atoms with Gasteiger partial charge in [-0.2, -0.15) is 0 Å². The van der Waals surface area contributed by atoms with Crippen LogP contribution < -0.4 is 5.32 Å². The van der Waals surface area contributed by atoms with E-state index in [-0.39, 0.29) is 0 Å². The highest BCUT2D eigenvalue weighted by Gasteiger charge is 2.20. The average molecular weight is 219 g/mol. The Hall–Kier alpha value is -0.830. The molecule has 0 unspecified atom stereocenters. The van der Waals surface area contributed by atoms with E-state index in [4.69, 9.17) is 0 Å². The molecule has 0 saturated heterocycles. The van der Waals surface area contributed by atoms with Crippen LogP contribution in [0.1, 0.15) is 42.9 Å². The number of hydrogen-bond acceptors (Lipinski definition) is 2. The topological polar surface area (TPSA) is 29.9 Å². The van der Waals surface area contributed by atoms with Crippen LogP contribution in [0.3, 0.4) is 0 Å². The van der Waals surface area contributed by atoms with E-state index in [2.05, 4.69) is 21.8 Å². The first kappa shape index (κ1) is 10.3. The number of nitrogens with zero attached hydrogens (tertiary/aromatic N) is 2. The van der Waals surface area contributed by atoms with Crippen molar-refractivity contribution in [3.63, 3.8) is 0 Å². The van der Waals surface area contributed by atoms with Crippen molar-refractivity contribution in [2.45, 2.75) is 52.1 Å². The van der Waals surface area contributed by atoms with Crippen molar-refractivity contribution in [3.05, 3.63) is 17.2 Å². The summed E-state index contributed by atoms with van der Waals surface area (Å²) < 4.78 is 2.47. The van der Waals surface area contributed by atoms with Gasteiger partial charge in [-0.15, -0.1) is 0 Å². The van der Waals surface area contributed by atoms with Crippen molar-refractivity contribution in [2.75, 3.05) is 6.54 Å². The van der Waals surface area contributed by atoms with E-state index in [0.29, 0.717) is 0 Å². The van der Waals surface area contributed by atoms with Crippen LogP contribution >= 0.6 is 0 Å². The van der Waals surface area contributed by atoms with Gasteiger partial charge in [0, 0.05) is 31.7 Å². The highest BCUT2D eigenvalue weighted by Crippen LogP contribution is 2.30. The number of hydrogen-bond donors (Lipinski definition) is 1. The molecule has 1 fully saturated rings. The van der Waals surface area contributed by atoms with Gasteiger partial charge < -0.3 is 9.88 Å².